The van der Waals surface area contributed by atoms with Crippen LogP contribution < -0.4 is 10.3 Å². The van der Waals surface area contributed by atoms with Gasteiger partial charge < -0.3 is 5.32 Å². The van der Waals surface area contributed by atoms with E-state index in [1.807, 2.05) is 0 Å². The summed E-state index contributed by atoms with van der Waals surface area (Å²) in [6, 6.07) is 5.34. The molecule has 19 heavy (non-hydrogen) atoms. The Labute approximate surface area is 105 Å². The van der Waals surface area contributed by atoms with Crippen LogP contribution in [0.4, 0.5) is 23.2 Å². The maximum atomic E-state index is 12.7. The average Bonchev–Trinajstić information content (AvgIpc) is 2.77. The van der Waals surface area contributed by atoms with E-state index in [-0.39, 0.29) is 12.3 Å². The minimum Gasteiger partial charge on any atom is -0.305 e. The molecule has 1 aliphatic heterocycles. The van der Waals surface area contributed by atoms with Crippen LogP contribution in [0.25, 0.3) is 0 Å². The molecule has 0 spiro atoms. The van der Waals surface area contributed by atoms with Crippen molar-refractivity contribution in [2.45, 2.75) is 12.6 Å². The number of benzene rings is 1. The monoisotopic (exact) mass is 275 g/mol. The van der Waals surface area contributed by atoms with E-state index in [1.54, 1.807) is 5.32 Å². The zero-order valence-electron chi connectivity index (χ0n) is 9.54. The molecule has 2 rings (SSSR count). The molecule has 0 atom stereocenters. The number of alkyl halides is 3. The van der Waals surface area contributed by atoms with Crippen molar-refractivity contribution >= 4 is 17.4 Å². The van der Waals surface area contributed by atoms with E-state index in [9.17, 15) is 22.4 Å². The summed E-state index contributed by atoms with van der Waals surface area (Å²) in [7, 11) is 0. The topological polar surface area (TPSA) is 44.7 Å². The normalized spacial score (nSPS) is 15.4. The molecule has 0 saturated heterocycles. The first-order valence-electron chi connectivity index (χ1n) is 5.35. The first-order chi connectivity index (χ1) is 8.86. The summed E-state index contributed by atoms with van der Waals surface area (Å²) < 4.78 is 48.9. The van der Waals surface area contributed by atoms with Crippen molar-refractivity contribution in [1.82, 2.24) is 5.32 Å². The van der Waals surface area contributed by atoms with Gasteiger partial charge in [-0.2, -0.15) is 18.3 Å². The Morgan fingerprint density at radius 2 is 1.89 bits per heavy atom. The molecule has 8 heteroatoms. The minimum atomic E-state index is -4.94. The molecule has 1 aliphatic rings. The number of amidine groups is 1. The van der Waals surface area contributed by atoms with Gasteiger partial charge in [-0.05, 0) is 24.3 Å². The fourth-order valence-electron chi connectivity index (χ4n) is 1.55. The Kier molecular flexibility index (Phi) is 3.41. The number of rotatable bonds is 1. The first-order valence-corrected chi connectivity index (χ1v) is 5.35. The van der Waals surface area contributed by atoms with Crippen molar-refractivity contribution < 1.29 is 22.4 Å². The number of hydrogen-bond acceptors (Lipinski definition) is 3. The highest BCUT2D eigenvalue weighted by Gasteiger charge is 2.39. The number of hydrogen-bond donors (Lipinski definition) is 1. The van der Waals surface area contributed by atoms with Crippen LogP contribution in [0.1, 0.15) is 6.42 Å². The number of carbonyl (C=O) groups is 1. The maximum absolute atomic E-state index is 12.7. The van der Waals surface area contributed by atoms with Crippen LogP contribution >= 0.6 is 0 Å². The highest BCUT2D eigenvalue weighted by molar-refractivity contribution is 6.01. The van der Waals surface area contributed by atoms with E-state index < -0.39 is 17.9 Å². The summed E-state index contributed by atoms with van der Waals surface area (Å²) in [6.45, 7) is 0.319. The Hall–Kier alpha value is -2.12. The van der Waals surface area contributed by atoms with Crippen molar-refractivity contribution in [3.63, 3.8) is 0 Å². The molecule has 1 aromatic carbocycles. The van der Waals surface area contributed by atoms with Crippen LogP contribution in [0, 0.1) is 5.82 Å². The lowest BCUT2D eigenvalue weighted by Crippen LogP contribution is -2.40. The van der Waals surface area contributed by atoms with Crippen molar-refractivity contribution in [2.75, 3.05) is 11.6 Å². The molecule has 4 nitrogen and oxygen atoms in total. The standard InChI is InChI=1S/C11H9F4N3O/c12-7-1-3-8(4-2-7)18-6-5-9(17-18)16-10(19)11(13,14)15/h1-4H,5-6H2,(H,16,17,19). The molecule has 0 aromatic heterocycles. The molecule has 0 aliphatic carbocycles. The van der Waals surface area contributed by atoms with Gasteiger partial charge in [-0.1, -0.05) is 0 Å². The van der Waals surface area contributed by atoms with Crippen LogP contribution in [0.3, 0.4) is 0 Å². The van der Waals surface area contributed by atoms with Gasteiger partial charge in [0.15, 0.2) is 0 Å². The molecule has 1 aromatic rings. The van der Waals surface area contributed by atoms with Gasteiger partial charge in [-0.15, -0.1) is 0 Å². The Morgan fingerprint density at radius 3 is 2.47 bits per heavy atom. The highest BCUT2D eigenvalue weighted by Crippen LogP contribution is 2.20. The molecule has 102 valence electrons. The number of anilines is 1. The quantitative estimate of drug-likeness (QED) is 0.797. The number of halogens is 4. The molecule has 0 fully saturated rings. The SMILES string of the molecule is O=C(NC1=NN(c2ccc(F)cc2)CC1)C(F)(F)F. The van der Waals surface area contributed by atoms with Gasteiger partial charge in [0.25, 0.3) is 0 Å². The van der Waals surface area contributed by atoms with E-state index in [2.05, 4.69) is 5.10 Å². The Bertz CT molecular complexity index is 510. The first kappa shape index (κ1) is 13.3. The zero-order valence-corrected chi connectivity index (χ0v) is 9.54. The van der Waals surface area contributed by atoms with Gasteiger partial charge in [0, 0.05) is 13.0 Å². The second kappa shape index (κ2) is 4.87. The maximum Gasteiger partial charge on any atom is 0.471 e. The second-order valence-electron chi connectivity index (χ2n) is 3.85. The number of amides is 1. The van der Waals surface area contributed by atoms with E-state index in [4.69, 9.17) is 0 Å². The molecule has 0 unspecified atom stereocenters. The molecular formula is C11H9F4N3O. The summed E-state index contributed by atoms with van der Waals surface area (Å²) in [5.74, 6) is -2.53. The van der Waals surface area contributed by atoms with Crippen LogP contribution in [0.5, 0.6) is 0 Å². The average molecular weight is 275 g/mol. The van der Waals surface area contributed by atoms with Crippen LogP contribution in [-0.4, -0.2) is 24.5 Å². The molecule has 1 amide bonds. The van der Waals surface area contributed by atoms with Gasteiger partial charge in [0.2, 0.25) is 0 Å². The molecule has 0 radical (unpaired) electrons. The lowest BCUT2D eigenvalue weighted by Gasteiger charge is -2.12. The van der Waals surface area contributed by atoms with Crippen molar-refractivity contribution in [2.24, 2.45) is 5.10 Å². The lowest BCUT2D eigenvalue weighted by atomic mass is 10.3. The van der Waals surface area contributed by atoms with Gasteiger partial charge >= 0.3 is 12.1 Å². The molecule has 0 saturated carbocycles. The zero-order chi connectivity index (χ0) is 14.0. The summed E-state index contributed by atoms with van der Waals surface area (Å²) in [5, 5.41) is 6.93. The third kappa shape index (κ3) is 3.21. The van der Waals surface area contributed by atoms with Gasteiger partial charge in [0.05, 0.1) is 5.69 Å². The Balaban J connectivity index is 2.05. The number of hydrazone groups is 1. The second-order valence-corrected chi connectivity index (χ2v) is 3.85. The third-order valence-electron chi connectivity index (χ3n) is 2.44. The lowest BCUT2D eigenvalue weighted by molar-refractivity contribution is -0.171. The smallest absolute Gasteiger partial charge is 0.305 e. The molecule has 1 heterocycles. The summed E-state index contributed by atoms with van der Waals surface area (Å²) in [6.07, 6.45) is -4.76. The van der Waals surface area contributed by atoms with Crippen LogP contribution in [0.15, 0.2) is 29.4 Å². The number of carbonyl (C=O) groups excluding carboxylic acids is 1. The summed E-state index contributed by atoms with van der Waals surface area (Å²) in [4.78, 5) is 10.7. The molecule has 1 N–H and O–H groups in total. The van der Waals surface area contributed by atoms with Gasteiger partial charge in [-0.25, -0.2) is 4.39 Å². The minimum absolute atomic E-state index is 0.0633. The fourth-order valence-corrected chi connectivity index (χ4v) is 1.55. The van der Waals surface area contributed by atoms with Crippen molar-refractivity contribution in [1.29, 1.82) is 0 Å². The van der Waals surface area contributed by atoms with Gasteiger partial charge in [0.1, 0.15) is 11.7 Å². The predicted octanol–water partition coefficient (Wildman–Crippen LogP) is 2.03. The van der Waals surface area contributed by atoms with Crippen molar-refractivity contribution in [3.05, 3.63) is 30.1 Å². The van der Waals surface area contributed by atoms with Crippen molar-refractivity contribution in [3.8, 4) is 0 Å². The molecular weight excluding hydrogens is 266 g/mol. The van der Waals surface area contributed by atoms with Crippen LogP contribution in [-0.2, 0) is 4.79 Å². The highest BCUT2D eigenvalue weighted by atomic mass is 19.4. The molecule has 0 bridgehead atoms. The van der Waals surface area contributed by atoms with E-state index >= 15 is 0 Å². The fraction of sp³-hybridized carbons (Fsp3) is 0.273. The third-order valence-corrected chi connectivity index (χ3v) is 2.44. The van der Waals surface area contributed by atoms with Gasteiger partial charge in [-0.3, -0.25) is 9.80 Å². The van der Waals surface area contributed by atoms with Crippen LogP contribution in [0.2, 0.25) is 0 Å². The summed E-state index contributed by atoms with van der Waals surface area (Å²) >= 11 is 0. The number of nitrogens with one attached hydrogen (secondary N) is 1. The number of nitrogens with zero attached hydrogens (tertiary/aromatic N) is 2. The van der Waals surface area contributed by atoms with E-state index in [0.717, 1.165) is 0 Å². The Morgan fingerprint density at radius 1 is 1.26 bits per heavy atom. The predicted molar refractivity (Wildman–Crippen MR) is 60.0 cm³/mol. The summed E-state index contributed by atoms with van der Waals surface area (Å²) in [5.41, 5.74) is 0.539. The van der Waals surface area contributed by atoms with E-state index in [1.165, 1.54) is 29.3 Å². The largest absolute Gasteiger partial charge is 0.471 e. The van der Waals surface area contributed by atoms with E-state index in [0.29, 0.717) is 12.2 Å².